The monoisotopic (exact) mass is 386 g/mol. The summed E-state index contributed by atoms with van der Waals surface area (Å²) in [6.07, 6.45) is 0.922. The molecule has 2 heterocycles. The van der Waals surface area contributed by atoms with Crippen LogP contribution < -0.4 is 10.2 Å². The predicted octanol–water partition coefficient (Wildman–Crippen LogP) is 2.96. The van der Waals surface area contributed by atoms with E-state index < -0.39 is 0 Å². The van der Waals surface area contributed by atoms with Crippen molar-refractivity contribution >= 4 is 17.2 Å². The molecule has 0 bridgehead atoms. The van der Waals surface area contributed by atoms with Crippen molar-refractivity contribution in [2.45, 2.75) is 33.2 Å². The van der Waals surface area contributed by atoms with E-state index in [2.05, 4.69) is 58.3 Å². The zero-order chi connectivity index (χ0) is 20.3. The van der Waals surface area contributed by atoms with Crippen molar-refractivity contribution in [1.82, 2.24) is 14.7 Å². The summed E-state index contributed by atoms with van der Waals surface area (Å²) in [5.74, 6) is 0.485. The molecular weight excluding hydrogens is 356 g/mol. The van der Waals surface area contributed by atoms with Gasteiger partial charge in [-0.05, 0) is 44.9 Å². The second-order valence-electron chi connectivity index (χ2n) is 7.67. The fourth-order valence-electron chi connectivity index (χ4n) is 3.76. The molecule has 8 nitrogen and oxygen atoms in total. The summed E-state index contributed by atoms with van der Waals surface area (Å²) in [5.41, 5.74) is 3.10. The molecular formula is C20H30N6O2. The molecule has 1 atom stereocenters. The van der Waals surface area contributed by atoms with Gasteiger partial charge in [0, 0.05) is 51.5 Å². The number of rotatable bonds is 7. The van der Waals surface area contributed by atoms with Crippen LogP contribution in [-0.4, -0.2) is 58.4 Å². The fourth-order valence-corrected chi connectivity index (χ4v) is 3.76. The first-order valence-corrected chi connectivity index (χ1v) is 9.83. The molecule has 152 valence electrons. The number of aryl methyl sites for hydroxylation is 3. The molecule has 1 saturated heterocycles. The van der Waals surface area contributed by atoms with Gasteiger partial charge < -0.3 is 10.2 Å². The van der Waals surface area contributed by atoms with Gasteiger partial charge in [0.1, 0.15) is 5.69 Å². The maximum absolute atomic E-state index is 11.3. The number of nitrogens with zero attached hydrogens (tertiary/aromatic N) is 5. The lowest BCUT2D eigenvalue weighted by molar-refractivity contribution is -0.384. The van der Waals surface area contributed by atoms with Crippen LogP contribution in [0.4, 0.5) is 17.2 Å². The normalized spacial score (nSPS) is 16.2. The first-order chi connectivity index (χ1) is 13.3. The maximum Gasteiger partial charge on any atom is 0.333 e. The van der Waals surface area contributed by atoms with Gasteiger partial charge in [-0.15, -0.1) is 0 Å². The van der Waals surface area contributed by atoms with Gasteiger partial charge in [0.15, 0.2) is 0 Å². The summed E-state index contributed by atoms with van der Waals surface area (Å²) in [5, 5.41) is 18.8. The van der Waals surface area contributed by atoms with Crippen LogP contribution in [-0.2, 0) is 7.05 Å². The number of hydrogen-bond acceptors (Lipinski definition) is 6. The number of piperazine rings is 1. The highest BCUT2D eigenvalue weighted by Gasteiger charge is 2.25. The molecule has 1 fully saturated rings. The first kappa shape index (κ1) is 20.1. The van der Waals surface area contributed by atoms with Crippen molar-refractivity contribution in [2.24, 2.45) is 7.05 Å². The van der Waals surface area contributed by atoms with Gasteiger partial charge in [-0.3, -0.25) is 15.0 Å². The van der Waals surface area contributed by atoms with Crippen molar-refractivity contribution in [3.05, 3.63) is 45.6 Å². The lowest BCUT2D eigenvalue weighted by Crippen LogP contribution is -2.47. The van der Waals surface area contributed by atoms with E-state index in [4.69, 9.17) is 0 Å². The van der Waals surface area contributed by atoms with Crippen molar-refractivity contribution in [3.8, 4) is 0 Å². The third kappa shape index (κ3) is 4.62. The van der Waals surface area contributed by atoms with Gasteiger partial charge in [0.25, 0.3) is 0 Å². The minimum atomic E-state index is -0.359. The lowest BCUT2D eigenvalue weighted by Gasteiger charge is -2.36. The highest BCUT2D eigenvalue weighted by atomic mass is 16.6. The Kier molecular flexibility index (Phi) is 6.18. The van der Waals surface area contributed by atoms with E-state index in [9.17, 15) is 10.1 Å². The van der Waals surface area contributed by atoms with E-state index in [1.807, 2.05) is 0 Å². The number of nitrogens with one attached hydrogen (secondary N) is 1. The summed E-state index contributed by atoms with van der Waals surface area (Å²) in [7, 11) is 1.74. The maximum atomic E-state index is 11.3. The zero-order valence-corrected chi connectivity index (χ0v) is 17.2. The number of anilines is 2. The van der Waals surface area contributed by atoms with Crippen molar-refractivity contribution in [3.63, 3.8) is 0 Å². The third-order valence-corrected chi connectivity index (χ3v) is 5.37. The molecule has 1 aliphatic rings. The Bertz CT molecular complexity index is 826. The predicted molar refractivity (Wildman–Crippen MR) is 112 cm³/mol. The Morgan fingerprint density at radius 1 is 1.25 bits per heavy atom. The van der Waals surface area contributed by atoms with Crippen LogP contribution in [0.2, 0.25) is 0 Å². The Morgan fingerprint density at radius 3 is 2.61 bits per heavy atom. The summed E-state index contributed by atoms with van der Waals surface area (Å²) in [6.45, 7) is 11.0. The van der Waals surface area contributed by atoms with E-state index in [0.717, 1.165) is 39.1 Å². The van der Waals surface area contributed by atoms with Crippen LogP contribution >= 0.6 is 0 Å². The number of hydrogen-bond donors (Lipinski definition) is 1. The molecule has 0 saturated carbocycles. The van der Waals surface area contributed by atoms with E-state index in [-0.39, 0.29) is 16.7 Å². The van der Waals surface area contributed by atoms with Crippen molar-refractivity contribution < 1.29 is 4.92 Å². The van der Waals surface area contributed by atoms with E-state index in [1.54, 1.807) is 18.7 Å². The molecule has 1 aromatic carbocycles. The zero-order valence-electron chi connectivity index (χ0n) is 17.2. The fraction of sp³-hybridized carbons (Fsp3) is 0.550. The van der Waals surface area contributed by atoms with Gasteiger partial charge in [-0.2, -0.15) is 5.10 Å². The number of benzene rings is 1. The van der Waals surface area contributed by atoms with Gasteiger partial charge in [-0.25, -0.2) is 4.68 Å². The minimum absolute atomic E-state index is 0.0705. The van der Waals surface area contributed by atoms with Crippen molar-refractivity contribution in [1.29, 1.82) is 0 Å². The Hall–Kier alpha value is -2.61. The summed E-state index contributed by atoms with van der Waals surface area (Å²) in [6, 6.07) is 8.79. The average Bonchev–Trinajstić information content (AvgIpc) is 2.93. The Morgan fingerprint density at radius 2 is 1.96 bits per heavy atom. The van der Waals surface area contributed by atoms with Gasteiger partial charge in [0.05, 0.1) is 4.92 Å². The summed E-state index contributed by atoms with van der Waals surface area (Å²) < 4.78 is 1.56. The first-order valence-electron chi connectivity index (χ1n) is 9.83. The third-order valence-electron chi connectivity index (χ3n) is 5.37. The molecule has 1 aliphatic heterocycles. The van der Waals surface area contributed by atoms with E-state index in [1.165, 1.54) is 11.3 Å². The minimum Gasteiger partial charge on any atom is -0.369 e. The average molecular weight is 387 g/mol. The largest absolute Gasteiger partial charge is 0.369 e. The van der Waals surface area contributed by atoms with Crippen molar-refractivity contribution in [2.75, 3.05) is 42.9 Å². The molecule has 1 aromatic heterocycles. The highest BCUT2D eigenvalue weighted by Crippen LogP contribution is 2.28. The molecule has 1 unspecified atom stereocenters. The molecule has 2 aromatic rings. The van der Waals surface area contributed by atoms with Gasteiger partial charge in [-0.1, -0.05) is 12.1 Å². The van der Waals surface area contributed by atoms with E-state index in [0.29, 0.717) is 11.5 Å². The van der Waals surface area contributed by atoms with Crippen LogP contribution in [0.1, 0.15) is 24.6 Å². The Labute approximate surface area is 166 Å². The second kappa shape index (κ2) is 8.60. The van der Waals surface area contributed by atoms with Gasteiger partial charge in [0.2, 0.25) is 5.82 Å². The molecule has 8 heteroatoms. The molecule has 0 amide bonds. The molecule has 3 rings (SSSR count). The molecule has 0 spiro atoms. The van der Waals surface area contributed by atoms with Crippen LogP contribution in [0.3, 0.4) is 0 Å². The van der Waals surface area contributed by atoms with E-state index >= 15 is 0 Å². The van der Waals surface area contributed by atoms with Crippen LogP contribution in [0, 0.1) is 24.0 Å². The van der Waals surface area contributed by atoms with Crippen LogP contribution in [0.25, 0.3) is 0 Å². The number of aromatic nitrogens is 2. The lowest BCUT2D eigenvalue weighted by atomic mass is 10.1. The summed E-state index contributed by atoms with van der Waals surface area (Å²) >= 11 is 0. The molecule has 0 aliphatic carbocycles. The molecule has 1 N–H and O–H groups in total. The second-order valence-corrected chi connectivity index (χ2v) is 7.67. The number of nitro groups is 1. The van der Waals surface area contributed by atoms with Crippen LogP contribution in [0.15, 0.2) is 24.3 Å². The SMILES string of the molecule is Cc1cccc(N2CCN(CCC(C)Nc3c([N+](=O)[O-])c(C)nn3C)CC2)c1. The topological polar surface area (TPSA) is 79.5 Å². The Balaban J connectivity index is 1.49. The highest BCUT2D eigenvalue weighted by molar-refractivity contribution is 5.59. The standard InChI is InChI=1S/C20H30N6O2/c1-15-6-5-7-18(14-15)25-12-10-24(11-13-25)9-8-16(2)21-20-19(26(27)28)17(3)22-23(20)4/h5-7,14,16,21H,8-13H2,1-4H3. The summed E-state index contributed by atoms with van der Waals surface area (Å²) in [4.78, 5) is 15.9. The molecule has 0 radical (unpaired) electrons. The van der Waals surface area contributed by atoms with Gasteiger partial charge >= 0.3 is 5.69 Å². The smallest absolute Gasteiger partial charge is 0.333 e. The quantitative estimate of drug-likeness (QED) is 0.582. The molecule has 28 heavy (non-hydrogen) atoms. The van der Waals surface area contributed by atoms with Crippen LogP contribution in [0.5, 0.6) is 0 Å².